The van der Waals surface area contributed by atoms with E-state index >= 15 is 0 Å². The predicted octanol–water partition coefficient (Wildman–Crippen LogP) is 3.81. The second kappa shape index (κ2) is 7.80. The summed E-state index contributed by atoms with van der Waals surface area (Å²) in [4.78, 5) is 2.45. The van der Waals surface area contributed by atoms with Crippen LogP contribution >= 0.6 is 0 Å². The van der Waals surface area contributed by atoms with E-state index in [-0.39, 0.29) is 0 Å². The topological polar surface area (TPSA) is 15.3 Å². The fraction of sp³-hybridized carbons (Fsp3) is 0.667. The highest BCUT2D eigenvalue weighted by atomic mass is 15.1. The molecule has 0 radical (unpaired) electrons. The SMILES string of the molecule is CCC(NCc1ccc(CN(CC)CC)cc1)C1CC1. The summed E-state index contributed by atoms with van der Waals surface area (Å²) in [6, 6.07) is 9.86. The van der Waals surface area contributed by atoms with Crippen LogP contribution in [-0.2, 0) is 13.1 Å². The number of nitrogens with one attached hydrogen (secondary N) is 1. The molecule has 1 aromatic carbocycles. The standard InChI is InChI=1S/C18H30N2/c1-4-18(17-11-12-17)19-13-15-7-9-16(10-8-15)14-20(5-2)6-3/h7-10,17-19H,4-6,11-14H2,1-3H3. The van der Waals surface area contributed by atoms with E-state index in [0.717, 1.165) is 38.1 Å². The third-order valence-electron chi connectivity index (χ3n) is 4.52. The van der Waals surface area contributed by atoms with E-state index in [1.54, 1.807) is 0 Å². The summed E-state index contributed by atoms with van der Waals surface area (Å²) in [6.07, 6.45) is 4.10. The van der Waals surface area contributed by atoms with Crippen molar-refractivity contribution in [3.63, 3.8) is 0 Å². The number of hydrogen-bond acceptors (Lipinski definition) is 2. The summed E-state index contributed by atoms with van der Waals surface area (Å²) >= 11 is 0. The van der Waals surface area contributed by atoms with Gasteiger partial charge in [0.1, 0.15) is 0 Å². The summed E-state index contributed by atoms with van der Waals surface area (Å²) in [5.41, 5.74) is 2.83. The lowest BCUT2D eigenvalue weighted by Crippen LogP contribution is -2.29. The van der Waals surface area contributed by atoms with Gasteiger partial charge in [-0.15, -0.1) is 0 Å². The smallest absolute Gasteiger partial charge is 0.0233 e. The lowest BCUT2D eigenvalue weighted by molar-refractivity contribution is 0.296. The maximum Gasteiger partial charge on any atom is 0.0233 e. The van der Waals surface area contributed by atoms with Crippen LogP contribution in [0.1, 0.15) is 51.2 Å². The monoisotopic (exact) mass is 274 g/mol. The average molecular weight is 274 g/mol. The van der Waals surface area contributed by atoms with E-state index in [1.807, 2.05) is 0 Å². The zero-order chi connectivity index (χ0) is 14.4. The highest BCUT2D eigenvalue weighted by molar-refractivity contribution is 5.22. The number of rotatable bonds is 9. The van der Waals surface area contributed by atoms with Crippen molar-refractivity contribution in [2.24, 2.45) is 5.92 Å². The Morgan fingerprint density at radius 3 is 2.15 bits per heavy atom. The molecule has 0 spiro atoms. The lowest BCUT2D eigenvalue weighted by Gasteiger charge is -2.19. The highest BCUT2D eigenvalue weighted by Crippen LogP contribution is 2.33. The average Bonchev–Trinajstić information content (AvgIpc) is 3.31. The Morgan fingerprint density at radius 1 is 1.05 bits per heavy atom. The minimum absolute atomic E-state index is 0.727. The quantitative estimate of drug-likeness (QED) is 0.736. The molecule has 1 aliphatic carbocycles. The van der Waals surface area contributed by atoms with Gasteiger partial charge in [0.2, 0.25) is 0 Å². The molecule has 0 heterocycles. The fourth-order valence-electron chi connectivity index (χ4n) is 2.86. The molecule has 0 saturated heterocycles. The molecule has 0 amide bonds. The minimum Gasteiger partial charge on any atom is -0.310 e. The summed E-state index contributed by atoms with van der Waals surface area (Å²) in [7, 11) is 0. The first-order valence-corrected chi connectivity index (χ1v) is 8.30. The van der Waals surface area contributed by atoms with Crippen molar-refractivity contribution in [2.45, 2.75) is 59.2 Å². The molecule has 2 heteroatoms. The summed E-state index contributed by atoms with van der Waals surface area (Å²) in [6.45, 7) is 11.1. The maximum absolute atomic E-state index is 3.72. The van der Waals surface area contributed by atoms with Crippen molar-refractivity contribution >= 4 is 0 Å². The van der Waals surface area contributed by atoms with Crippen LogP contribution in [-0.4, -0.2) is 24.0 Å². The summed E-state index contributed by atoms with van der Waals surface area (Å²) < 4.78 is 0. The number of nitrogens with zero attached hydrogens (tertiary/aromatic N) is 1. The molecule has 1 saturated carbocycles. The molecule has 112 valence electrons. The Morgan fingerprint density at radius 2 is 1.65 bits per heavy atom. The van der Waals surface area contributed by atoms with E-state index in [2.05, 4.69) is 55.3 Å². The normalized spacial score (nSPS) is 16.6. The molecule has 1 unspecified atom stereocenters. The predicted molar refractivity (Wildman–Crippen MR) is 86.7 cm³/mol. The van der Waals surface area contributed by atoms with Gasteiger partial charge < -0.3 is 5.32 Å². The third-order valence-corrected chi connectivity index (χ3v) is 4.52. The van der Waals surface area contributed by atoms with Gasteiger partial charge in [-0.05, 0) is 49.4 Å². The molecular formula is C18H30N2. The van der Waals surface area contributed by atoms with Gasteiger partial charge in [-0.1, -0.05) is 45.0 Å². The Labute approximate surface area is 124 Å². The van der Waals surface area contributed by atoms with Gasteiger partial charge >= 0.3 is 0 Å². The van der Waals surface area contributed by atoms with Crippen LogP contribution in [0.5, 0.6) is 0 Å². The van der Waals surface area contributed by atoms with E-state index < -0.39 is 0 Å². The molecule has 1 aliphatic rings. The largest absolute Gasteiger partial charge is 0.310 e. The Hall–Kier alpha value is -0.860. The van der Waals surface area contributed by atoms with Crippen LogP contribution in [0, 0.1) is 5.92 Å². The van der Waals surface area contributed by atoms with E-state index in [0.29, 0.717) is 0 Å². The maximum atomic E-state index is 3.72. The van der Waals surface area contributed by atoms with Crippen molar-refractivity contribution in [3.05, 3.63) is 35.4 Å². The lowest BCUT2D eigenvalue weighted by atomic mass is 10.1. The molecule has 1 fully saturated rings. The first kappa shape index (κ1) is 15.5. The Balaban J connectivity index is 1.81. The zero-order valence-corrected chi connectivity index (χ0v) is 13.4. The molecule has 1 atom stereocenters. The van der Waals surface area contributed by atoms with E-state index in [9.17, 15) is 0 Å². The number of benzene rings is 1. The molecule has 20 heavy (non-hydrogen) atoms. The van der Waals surface area contributed by atoms with Gasteiger partial charge in [0.05, 0.1) is 0 Å². The van der Waals surface area contributed by atoms with Crippen molar-refractivity contribution in [2.75, 3.05) is 13.1 Å². The molecule has 1 N–H and O–H groups in total. The highest BCUT2D eigenvalue weighted by Gasteiger charge is 2.29. The number of hydrogen-bond donors (Lipinski definition) is 1. The van der Waals surface area contributed by atoms with Crippen LogP contribution in [0.3, 0.4) is 0 Å². The molecule has 1 aromatic rings. The first-order valence-electron chi connectivity index (χ1n) is 8.30. The molecule has 0 aromatic heterocycles. The first-order chi connectivity index (χ1) is 9.76. The van der Waals surface area contributed by atoms with Crippen LogP contribution < -0.4 is 5.32 Å². The second-order valence-corrected chi connectivity index (χ2v) is 6.01. The molecule has 2 rings (SSSR count). The molecule has 0 bridgehead atoms. The van der Waals surface area contributed by atoms with Crippen LogP contribution in [0.4, 0.5) is 0 Å². The van der Waals surface area contributed by atoms with Crippen molar-refractivity contribution in [1.82, 2.24) is 10.2 Å². The van der Waals surface area contributed by atoms with Gasteiger partial charge in [0, 0.05) is 19.1 Å². The van der Waals surface area contributed by atoms with Crippen LogP contribution in [0.15, 0.2) is 24.3 Å². The van der Waals surface area contributed by atoms with Gasteiger partial charge in [-0.25, -0.2) is 0 Å². The van der Waals surface area contributed by atoms with Crippen LogP contribution in [0.2, 0.25) is 0 Å². The third kappa shape index (κ3) is 4.60. The van der Waals surface area contributed by atoms with E-state index in [4.69, 9.17) is 0 Å². The van der Waals surface area contributed by atoms with Crippen LogP contribution in [0.25, 0.3) is 0 Å². The molecular weight excluding hydrogens is 244 g/mol. The Kier molecular flexibility index (Phi) is 6.06. The molecule has 0 aliphatic heterocycles. The zero-order valence-electron chi connectivity index (χ0n) is 13.4. The fourth-order valence-corrected chi connectivity index (χ4v) is 2.86. The molecule has 2 nitrogen and oxygen atoms in total. The van der Waals surface area contributed by atoms with Gasteiger partial charge in [0.25, 0.3) is 0 Å². The van der Waals surface area contributed by atoms with Gasteiger partial charge in [-0.2, -0.15) is 0 Å². The summed E-state index contributed by atoms with van der Waals surface area (Å²) in [5, 5.41) is 3.72. The van der Waals surface area contributed by atoms with Gasteiger partial charge in [-0.3, -0.25) is 4.90 Å². The van der Waals surface area contributed by atoms with Crippen molar-refractivity contribution in [3.8, 4) is 0 Å². The van der Waals surface area contributed by atoms with Gasteiger partial charge in [0.15, 0.2) is 0 Å². The summed E-state index contributed by atoms with van der Waals surface area (Å²) in [5.74, 6) is 0.946. The Bertz CT molecular complexity index is 377. The van der Waals surface area contributed by atoms with E-state index in [1.165, 1.54) is 30.4 Å². The van der Waals surface area contributed by atoms with Crippen molar-refractivity contribution < 1.29 is 0 Å². The second-order valence-electron chi connectivity index (χ2n) is 6.01. The minimum atomic E-state index is 0.727. The van der Waals surface area contributed by atoms with Crippen molar-refractivity contribution in [1.29, 1.82) is 0 Å².